The molecule has 0 aliphatic carbocycles. The van der Waals surface area contributed by atoms with Gasteiger partial charge in [0.05, 0.1) is 29.2 Å². The smallest absolute Gasteiger partial charge is 0.339 e. The number of allylic oxidation sites excluding steroid dienone is 4. The minimum Gasteiger partial charge on any atom is -0.462 e. The largest absolute Gasteiger partial charge is 0.462 e. The number of benzene rings is 1. The molecule has 1 rings (SSSR count). The predicted molar refractivity (Wildman–Crippen MR) is 243 cm³/mol. The van der Waals surface area contributed by atoms with E-state index in [-0.39, 0.29) is 24.3 Å². The van der Waals surface area contributed by atoms with Crippen LogP contribution in [0.4, 0.5) is 0 Å². The maximum absolute atomic E-state index is 13.0. The summed E-state index contributed by atoms with van der Waals surface area (Å²) in [6, 6.07) is 3.32. The Morgan fingerprint density at radius 1 is 0.448 bits per heavy atom. The first-order valence-corrected chi connectivity index (χ1v) is 25.5. The van der Waals surface area contributed by atoms with Gasteiger partial charge in [-0.3, -0.25) is 4.55 Å². The highest BCUT2D eigenvalue weighted by Crippen LogP contribution is 2.20. The van der Waals surface area contributed by atoms with Gasteiger partial charge in [0.15, 0.2) is 0 Å². The highest BCUT2D eigenvalue weighted by atomic mass is 32.2. The van der Waals surface area contributed by atoms with E-state index in [2.05, 4.69) is 38.2 Å². The number of unbranched alkanes of at least 4 members (excludes halogenated alkanes) is 30. The molecule has 58 heavy (non-hydrogen) atoms. The van der Waals surface area contributed by atoms with Crippen molar-refractivity contribution in [1.29, 1.82) is 0 Å². The Hall–Kier alpha value is -2.45. The Kier molecular flexibility index (Phi) is 35.8. The van der Waals surface area contributed by atoms with Crippen molar-refractivity contribution in [3.63, 3.8) is 0 Å². The van der Waals surface area contributed by atoms with Crippen molar-refractivity contribution in [2.24, 2.45) is 0 Å². The third-order valence-corrected chi connectivity index (χ3v) is 11.8. The SMILES string of the molecule is CCC/C=C/CCCCCCCCCCCCCCCCOC(=O)c1ccc(S(=O)(=O)O)cc1C(=O)OCCCCCCCCCCCCCCCC/C=C/CCC. The fraction of sp³-hybridized carbons (Fsp3) is 0.760. The third kappa shape index (κ3) is 31.5. The van der Waals surface area contributed by atoms with Crippen LogP contribution in [0.25, 0.3) is 0 Å². The monoisotopic (exact) mass is 831 g/mol. The molecule has 0 heterocycles. The second kappa shape index (κ2) is 38.7. The number of hydrogen-bond donors (Lipinski definition) is 1. The van der Waals surface area contributed by atoms with Gasteiger partial charge in [0.25, 0.3) is 10.1 Å². The zero-order valence-electron chi connectivity index (χ0n) is 37.3. The van der Waals surface area contributed by atoms with E-state index >= 15 is 0 Å². The number of esters is 2. The van der Waals surface area contributed by atoms with Crippen LogP contribution in [-0.4, -0.2) is 38.1 Å². The van der Waals surface area contributed by atoms with Gasteiger partial charge in [-0.05, 0) is 69.6 Å². The number of hydrogen-bond acceptors (Lipinski definition) is 6. The van der Waals surface area contributed by atoms with Crippen LogP contribution < -0.4 is 0 Å². The summed E-state index contributed by atoms with van der Waals surface area (Å²) in [7, 11) is -4.57. The molecular weight excluding hydrogens is 745 g/mol. The van der Waals surface area contributed by atoms with Crippen LogP contribution in [-0.2, 0) is 19.6 Å². The molecule has 0 bridgehead atoms. The third-order valence-electron chi connectivity index (χ3n) is 11.0. The Labute approximate surface area is 356 Å². The second-order valence-electron chi connectivity index (χ2n) is 16.5. The standard InChI is InChI=1S/C50H86O7S/c1-3-5-7-9-11-13-15-17-19-21-23-25-27-29-31-33-35-37-39-43-56-49(51)47-42-41-46(58(53,54)55)45-48(47)50(52)57-44-40-38-36-34-32-30-28-26-24-22-20-18-16-14-12-10-8-6-4-2/h7-10,41-42,45H,3-6,11-40,43-44H2,1-2H3,(H,53,54,55)/b9-7+,10-8+. The molecule has 0 saturated carbocycles. The second-order valence-corrected chi connectivity index (χ2v) is 17.9. The molecular formula is C50H86O7S. The molecule has 0 radical (unpaired) electrons. The molecule has 0 aliphatic heterocycles. The van der Waals surface area contributed by atoms with E-state index in [1.54, 1.807) is 0 Å². The normalized spacial score (nSPS) is 11.9. The summed E-state index contributed by atoms with van der Waals surface area (Å²) < 4.78 is 44.0. The van der Waals surface area contributed by atoms with E-state index in [1.165, 1.54) is 179 Å². The van der Waals surface area contributed by atoms with Crippen molar-refractivity contribution in [3.05, 3.63) is 53.6 Å². The minimum atomic E-state index is -4.57. The Morgan fingerprint density at radius 2 is 0.741 bits per heavy atom. The van der Waals surface area contributed by atoms with E-state index in [9.17, 15) is 22.6 Å². The van der Waals surface area contributed by atoms with Crippen molar-refractivity contribution >= 4 is 22.1 Å². The molecule has 0 saturated heterocycles. The van der Waals surface area contributed by atoms with Gasteiger partial charge in [-0.15, -0.1) is 0 Å². The number of ether oxygens (including phenoxy) is 2. The van der Waals surface area contributed by atoms with Gasteiger partial charge in [0.1, 0.15) is 0 Å². The minimum absolute atomic E-state index is 0.0570. The van der Waals surface area contributed by atoms with E-state index in [1.807, 2.05) is 0 Å². The maximum atomic E-state index is 13.0. The lowest BCUT2D eigenvalue weighted by Gasteiger charge is -2.11. The van der Waals surface area contributed by atoms with Crippen molar-refractivity contribution in [2.75, 3.05) is 13.2 Å². The van der Waals surface area contributed by atoms with Gasteiger partial charge in [-0.2, -0.15) is 8.42 Å². The summed E-state index contributed by atoms with van der Waals surface area (Å²) in [4.78, 5) is 25.5. The zero-order valence-corrected chi connectivity index (χ0v) is 38.1. The van der Waals surface area contributed by atoms with Crippen LogP contribution >= 0.6 is 0 Å². The molecule has 7 nitrogen and oxygen atoms in total. The first-order valence-electron chi connectivity index (χ1n) is 24.1. The van der Waals surface area contributed by atoms with E-state index in [4.69, 9.17) is 9.47 Å². The fourth-order valence-corrected chi connectivity index (χ4v) is 7.80. The molecule has 1 N–H and O–H groups in total. The molecule has 0 unspecified atom stereocenters. The molecule has 8 heteroatoms. The van der Waals surface area contributed by atoms with Gasteiger partial charge in [-0.25, -0.2) is 9.59 Å². The average Bonchev–Trinajstić information content (AvgIpc) is 3.21. The Bertz CT molecular complexity index is 1300. The summed E-state index contributed by atoms with van der Waals surface area (Å²) in [5.74, 6) is -1.49. The lowest BCUT2D eigenvalue weighted by atomic mass is 10.0. The predicted octanol–water partition coefficient (Wildman–Crippen LogP) is 15.7. The summed E-state index contributed by atoms with van der Waals surface area (Å²) >= 11 is 0. The number of carbonyl (C=O) groups is 2. The zero-order chi connectivity index (χ0) is 42.2. The van der Waals surface area contributed by atoms with E-state index < -0.39 is 27.0 Å². The Balaban J connectivity index is 2.15. The molecule has 0 atom stereocenters. The molecule has 0 aliphatic rings. The summed E-state index contributed by atoms with van der Waals surface area (Å²) in [5.41, 5.74) is -0.264. The molecule has 334 valence electrons. The van der Waals surface area contributed by atoms with Crippen LogP contribution in [0.3, 0.4) is 0 Å². The van der Waals surface area contributed by atoms with Gasteiger partial charge in [0.2, 0.25) is 0 Å². The quantitative estimate of drug-likeness (QED) is 0.0303. The van der Waals surface area contributed by atoms with Crippen molar-refractivity contribution in [1.82, 2.24) is 0 Å². The van der Waals surface area contributed by atoms with Gasteiger partial charge in [-0.1, -0.05) is 205 Å². The molecule has 0 amide bonds. The summed E-state index contributed by atoms with van der Waals surface area (Å²) in [6.07, 6.45) is 50.9. The van der Waals surface area contributed by atoms with Crippen LogP contribution in [0.2, 0.25) is 0 Å². The van der Waals surface area contributed by atoms with Crippen LogP contribution in [0.1, 0.15) is 253 Å². The molecule has 1 aromatic carbocycles. The Morgan fingerprint density at radius 3 is 1.07 bits per heavy atom. The topological polar surface area (TPSA) is 107 Å². The molecule has 1 aromatic rings. The van der Waals surface area contributed by atoms with Gasteiger partial charge >= 0.3 is 11.9 Å². The van der Waals surface area contributed by atoms with Gasteiger partial charge < -0.3 is 9.47 Å². The maximum Gasteiger partial charge on any atom is 0.339 e. The molecule has 0 spiro atoms. The number of rotatable bonds is 41. The van der Waals surface area contributed by atoms with E-state index in [0.29, 0.717) is 6.42 Å². The lowest BCUT2D eigenvalue weighted by Crippen LogP contribution is -2.16. The van der Waals surface area contributed by atoms with Crippen molar-refractivity contribution in [2.45, 2.75) is 237 Å². The fourth-order valence-electron chi connectivity index (χ4n) is 7.29. The van der Waals surface area contributed by atoms with Crippen LogP contribution in [0.5, 0.6) is 0 Å². The van der Waals surface area contributed by atoms with Crippen LogP contribution in [0, 0.1) is 0 Å². The first kappa shape index (κ1) is 53.6. The van der Waals surface area contributed by atoms with Crippen LogP contribution in [0.15, 0.2) is 47.4 Å². The highest BCUT2D eigenvalue weighted by molar-refractivity contribution is 7.85. The number of carbonyl (C=O) groups excluding carboxylic acids is 2. The first-order chi connectivity index (χ1) is 28.3. The van der Waals surface area contributed by atoms with Crippen molar-refractivity contribution in [3.8, 4) is 0 Å². The summed E-state index contributed by atoms with van der Waals surface area (Å²) in [6.45, 7) is 4.84. The van der Waals surface area contributed by atoms with Gasteiger partial charge in [0, 0.05) is 0 Å². The summed E-state index contributed by atoms with van der Waals surface area (Å²) in [5, 5.41) is 0. The highest BCUT2D eigenvalue weighted by Gasteiger charge is 2.23. The molecule has 0 aromatic heterocycles. The lowest BCUT2D eigenvalue weighted by molar-refractivity contribution is 0.0450. The average molecular weight is 831 g/mol. The van der Waals surface area contributed by atoms with E-state index in [0.717, 1.165) is 50.7 Å². The van der Waals surface area contributed by atoms with Crippen molar-refractivity contribution < 1.29 is 32.0 Å². The molecule has 0 fully saturated rings.